The van der Waals surface area contributed by atoms with E-state index in [2.05, 4.69) is 14.9 Å². The van der Waals surface area contributed by atoms with Gasteiger partial charge in [-0.1, -0.05) is 0 Å². The van der Waals surface area contributed by atoms with E-state index in [9.17, 15) is 14.8 Å². The fraction of sp³-hybridized carbons (Fsp3) is 0.778. The van der Waals surface area contributed by atoms with Gasteiger partial charge in [0.25, 0.3) is 6.79 Å². The van der Waals surface area contributed by atoms with Gasteiger partial charge in [0.2, 0.25) is 5.28 Å². The monoisotopic (exact) mass is 279 g/mol. The summed E-state index contributed by atoms with van der Waals surface area (Å²) in [5, 5.41) is 23.2. The minimum absolute atomic E-state index is 0.0907. The Morgan fingerprint density at radius 3 is 2.47 bits per heavy atom. The van der Waals surface area contributed by atoms with Crippen molar-refractivity contribution >= 4 is 12.1 Å². The third-order valence-corrected chi connectivity index (χ3v) is 1.40. The number of hydrazine groups is 1. The molecule has 0 spiro atoms. The Balaban J connectivity index is 3.96. The van der Waals surface area contributed by atoms with Crippen molar-refractivity contribution in [1.82, 2.24) is 5.01 Å². The molecule has 0 saturated heterocycles. The summed E-state index contributed by atoms with van der Waals surface area (Å²) in [6, 6.07) is 0. The highest BCUT2D eigenvalue weighted by Gasteiger charge is 2.17. The number of carboxylic acids is 1. The largest absolute Gasteiger partial charge is 0.569 e. The lowest BCUT2D eigenvalue weighted by atomic mass is 10.2. The molecule has 0 bridgehead atoms. The molecular weight excluding hydrogens is 262 g/mol. The molecule has 0 heterocycles. The topological polar surface area (TPSA) is 124 Å². The van der Waals surface area contributed by atoms with E-state index in [0.717, 1.165) is 5.01 Å². The number of carbonyl (C=O) groups excluding carboxylic acids is 1. The molecule has 0 fully saturated rings. The molecule has 0 amide bonds. The molecule has 0 aliphatic carbocycles. The van der Waals surface area contributed by atoms with Crippen molar-refractivity contribution in [2.45, 2.75) is 26.4 Å². The average Bonchev–Trinajstić information content (AvgIpc) is 2.20. The first-order valence-corrected chi connectivity index (χ1v) is 5.20. The maximum atomic E-state index is 11.1. The number of aliphatic carboxylic acids is 1. The van der Waals surface area contributed by atoms with Gasteiger partial charge in [-0.25, -0.2) is 4.79 Å². The zero-order valence-electron chi connectivity index (χ0n) is 11.2. The van der Waals surface area contributed by atoms with E-state index in [0.29, 0.717) is 0 Å². The van der Waals surface area contributed by atoms with E-state index in [1.54, 1.807) is 20.8 Å². The molecule has 10 heteroatoms. The van der Waals surface area contributed by atoms with Crippen molar-refractivity contribution in [3.05, 3.63) is 5.21 Å². The van der Waals surface area contributed by atoms with Gasteiger partial charge < -0.3 is 24.6 Å². The third kappa shape index (κ3) is 9.44. The van der Waals surface area contributed by atoms with Crippen LogP contribution in [0.1, 0.15) is 20.8 Å². The summed E-state index contributed by atoms with van der Waals surface area (Å²) < 4.78 is 9.23. The fourth-order valence-electron chi connectivity index (χ4n) is 0.745. The van der Waals surface area contributed by atoms with Crippen LogP contribution >= 0.6 is 0 Å². The smallest absolute Gasteiger partial charge is 0.511 e. The zero-order valence-corrected chi connectivity index (χ0v) is 11.2. The van der Waals surface area contributed by atoms with Gasteiger partial charge in [-0.2, -0.15) is 0 Å². The van der Waals surface area contributed by atoms with Gasteiger partial charge in [-0.05, 0) is 20.8 Å². The molecule has 0 rings (SSSR count). The summed E-state index contributed by atoms with van der Waals surface area (Å²) in [6.45, 7) is 3.77. The molecule has 0 atom stereocenters. The summed E-state index contributed by atoms with van der Waals surface area (Å²) in [6.07, 6.45) is -0.973. The van der Waals surface area contributed by atoms with E-state index in [-0.39, 0.29) is 4.97 Å². The van der Waals surface area contributed by atoms with E-state index < -0.39 is 31.1 Å². The number of hydrogen-bond acceptors (Lipinski definition) is 7. The van der Waals surface area contributed by atoms with E-state index in [4.69, 9.17) is 9.84 Å². The van der Waals surface area contributed by atoms with Crippen LogP contribution in [0, 0.1) is 5.21 Å². The van der Waals surface area contributed by atoms with Gasteiger partial charge in [-0.15, -0.1) is 5.01 Å². The van der Waals surface area contributed by atoms with Crippen LogP contribution < -0.4 is 0 Å². The van der Waals surface area contributed by atoms with E-state index >= 15 is 0 Å². The summed E-state index contributed by atoms with van der Waals surface area (Å²) in [5.41, 5.74) is -0.708. The Morgan fingerprint density at radius 1 is 1.42 bits per heavy atom. The Labute approximate surface area is 109 Å². The number of nitrogens with zero attached hydrogens (tertiary/aromatic N) is 3. The maximum Gasteiger partial charge on any atom is 0.511 e. The molecule has 0 aromatic rings. The second kappa shape index (κ2) is 7.24. The molecule has 0 radical (unpaired) electrons. The van der Waals surface area contributed by atoms with Crippen molar-refractivity contribution in [2.75, 3.05) is 20.4 Å². The number of carboxylic acid groups (broad SMARTS) is 1. The van der Waals surface area contributed by atoms with Gasteiger partial charge in [0.15, 0.2) is 6.54 Å². The Morgan fingerprint density at radius 2 is 2.00 bits per heavy atom. The number of carbonyl (C=O) groups is 2. The second-order valence-corrected chi connectivity index (χ2v) is 4.40. The summed E-state index contributed by atoms with van der Waals surface area (Å²) in [4.78, 5) is 25.6. The van der Waals surface area contributed by atoms with Crippen LogP contribution in [0.25, 0.3) is 0 Å². The van der Waals surface area contributed by atoms with Gasteiger partial charge in [0, 0.05) is 0 Å². The first-order chi connectivity index (χ1) is 8.61. The Bertz CT molecular complexity index is 350. The van der Waals surface area contributed by atoms with E-state index in [1.807, 2.05) is 0 Å². The number of likely N-dealkylation sites (N-methyl/N-ethyl adjacent to an activating group) is 1. The summed E-state index contributed by atoms with van der Waals surface area (Å²) >= 11 is 0. The minimum Gasteiger partial charge on any atom is -0.569 e. The van der Waals surface area contributed by atoms with Crippen molar-refractivity contribution in [2.24, 2.45) is 5.28 Å². The molecule has 1 N–H and O–H groups in total. The van der Waals surface area contributed by atoms with Crippen LogP contribution in [0.5, 0.6) is 0 Å². The molecule has 0 aromatic carbocycles. The number of ether oxygens (including phenoxy) is 2. The highest BCUT2D eigenvalue weighted by molar-refractivity contribution is 5.68. The van der Waals surface area contributed by atoms with Crippen molar-refractivity contribution < 1.29 is 34.0 Å². The molecule has 0 aliphatic heterocycles. The summed E-state index contributed by atoms with van der Waals surface area (Å²) in [5.74, 6) is -1.21. The molecule has 19 heavy (non-hydrogen) atoms. The normalized spacial score (nSPS) is 11.7. The Hall–Kier alpha value is -2.26. The lowest BCUT2D eigenvalue weighted by molar-refractivity contribution is -0.704. The molecule has 110 valence electrons. The number of rotatable bonds is 6. The van der Waals surface area contributed by atoms with Crippen LogP contribution in [-0.4, -0.2) is 53.2 Å². The molecule has 0 aliphatic rings. The lowest BCUT2D eigenvalue weighted by Crippen LogP contribution is -2.31. The molecule has 10 nitrogen and oxygen atoms in total. The summed E-state index contributed by atoms with van der Waals surface area (Å²) in [7, 11) is 1.20. The van der Waals surface area contributed by atoms with Gasteiger partial charge in [0.05, 0.1) is 12.0 Å². The highest BCUT2D eigenvalue weighted by Crippen LogP contribution is 2.07. The number of hydrogen-bond donors (Lipinski definition) is 1. The van der Waals surface area contributed by atoms with E-state index in [1.165, 1.54) is 7.05 Å². The SMILES string of the molecule is CN(CC(=O)O)/[N+]([O-])=N/OCOC(=O)OC(C)(C)C. The Kier molecular flexibility index (Phi) is 6.38. The highest BCUT2D eigenvalue weighted by atomic mass is 16.8. The van der Waals surface area contributed by atoms with Crippen molar-refractivity contribution in [3.63, 3.8) is 0 Å². The first-order valence-electron chi connectivity index (χ1n) is 5.20. The molecule has 0 unspecified atom stereocenters. The van der Waals surface area contributed by atoms with Crippen LogP contribution in [0.2, 0.25) is 0 Å². The van der Waals surface area contributed by atoms with Gasteiger partial charge in [0.1, 0.15) is 5.60 Å². The van der Waals surface area contributed by atoms with Crippen LogP contribution in [0.15, 0.2) is 5.28 Å². The third-order valence-electron chi connectivity index (χ3n) is 1.40. The zero-order chi connectivity index (χ0) is 15.1. The fourth-order valence-corrected chi connectivity index (χ4v) is 0.745. The first kappa shape index (κ1) is 16.7. The van der Waals surface area contributed by atoms with Crippen LogP contribution in [-0.2, 0) is 19.1 Å². The quantitative estimate of drug-likeness (QED) is 0.188. The lowest BCUT2D eigenvalue weighted by Gasteiger charge is -2.18. The molecule has 0 saturated carbocycles. The molecule has 0 aromatic heterocycles. The predicted molar refractivity (Wildman–Crippen MR) is 59.6 cm³/mol. The average molecular weight is 279 g/mol. The van der Waals surface area contributed by atoms with Crippen molar-refractivity contribution in [3.8, 4) is 0 Å². The maximum absolute atomic E-state index is 11.1. The second-order valence-electron chi connectivity index (χ2n) is 4.40. The molecular formula is C9H17N3O7. The minimum atomic E-state index is -1.21. The van der Waals surface area contributed by atoms with Crippen LogP contribution in [0.4, 0.5) is 4.79 Å². The van der Waals surface area contributed by atoms with Crippen molar-refractivity contribution in [1.29, 1.82) is 0 Å². The standard InChI is InChI=1S/C9H17N3O7/c1-9(2,3)19-8(15)17-6-18-10-12(16)11(4)5-7(13)14/h5-6H2,1-4H3,(H,13,14)/b12-10-. The predicted octanol–water partition coefficient (Wildman–Crippen LogP) is 0.721. The van der Waals surface area contributed by atoms with Gasteiger partial charge in [-0.3, -0.25) is 4.79 Å². The van der Waals surface area contributed by atoms with Gasteiger partial charge >= 0.3 is 12.1 Å². The van der Waals surface area contributed by atoms with Crippen LogP contribution in [0.3, 0.4) is 0 Å².